The number of nitrogens with zero attached hydrogens (tertiary/aromatic N) is 2. The number of anilines is 1. The van der Waals surface area contributed by atoms with Crippen LogP contribution in [0, 0.1) is 23.3 Å². The van der Waals surface area contributed by atoms with E-state index in [1.165, 1.54) is 23.3 Å². The third-order valence-electron chi connectivity index (χ3n) is 6.38. The molecule has 4 aromatic rings. The number of carbonyl (C=O) groups excluding carboxylic acids is 2. The first-order valence-electron chi connectivity index (χ1n) is 11.3. The van der Waals surface area contributed by atoms with Gasteiger partial charge in [0.1, 0.15) is 33.7 Å². The van der Waals surface area contributed by atoms with Gasteiger partial charge in [-0.25, -0.2) is 40.5 Å². The van der Waals surface area contributed by atoms with Crippen molar-refractivity contribution < 1.29 is 35.6 Å². The highest BCUT2D eigenvalue weighted by Crippen LogP contribution is 2.53. The van der Waals surface area contributed by atoms with Crippen LogP contribution in [0.1, 0.15) is 17.9 Å². The molecule has 1 aliphatic carbocycles. The second-order valence-corrected chi connectivity index (χ2v) is 11.5. The van der Waals surface area contributed by atoms with E-state index in [-0.39, 0.29) is 12.0 Å². The molecule has 3 aromatic carbocycles. The quantitative estimate of drug-likeness (QED) is 0.329. The van der Waals surface area contributed by atoms with Crippen molar-refractivity contribution in [3.05, 3.63) is 88.9 Å². The van der Waals surface area contributed by atoms with Crippen molar-refractivity contribution in [3.8, 4) is 0 Å². The van der Waals surface area contributed by atoms with Crippen LogP contribution < -0.4 is 14.9 Å². The van der Waals surface area contributed by atoms with Crippen molar-refractivity contribution in [2.75, 3.05) is 11.9 Å². The number of rotatable bonds is 6. The summed E-state index contributed by atoms with van der Waals surface area (Å²) in [5, 5.41) is 2.32. The van der Waals surface area contributed by atoms with Gasteiger partial charge in [-0.1, -0.05) is 0 Å². The Hall–Kier alpha value is -4.04. The monoisotopic (exact) mass is 578 g/mol. The molecule has 0 saturated heterocycles. The first-order valence-corrected chi connectivity index (χ1v) is 13.6. The average Bonchev–Trinajstić information content (AvgIpc) is 3.37. The van der Waals surface area contributed by atoms with E-state index in [4.69, 9.17) is 0 Å². The minimum atomic E-state index is -4.82. The maximum atomic E-state index is 14.1. The lowest BCUT2D eigenvalue weighted by molar-refractivity contribution is -0.121. The normalized spacial score (nSPS) is 18.5. The molecule has 8 nitrogen and oxygen atoms in total. The maximum absolute atomic E-state index is 14.1. The largest absolute Gasteiger partial charge is 0.329 e. The standard InChI is InChI=1S/C25H18F4N4O4S2/c1-33(17-3-4-21-20(10-17)30-12-38-21)23(34)25(11-18(25)13-6-15(27)8-16(28)7-13)31-24(35)32-39(36,37)22-5-2-14(26)9-19(22)29/h2-10,12,18H,11H2,1H3,(H2,31,32,35)/t18?,25-/m0/s1. The molecule has 2 atom stereocenters. The van der Waals surface area contributed by atoms with E-state index in [2.05, 4.69) is 10.3 Å². The summed E-state index contributed by atoms with van der Waals surface area (Å²) in [6, 6.07) is 7.97. The lowest BCUT2D eigenvalue weighted by atomic mass is 10.0. The van der Waals surface area contributed by atoms with Crippen LogP contribution in [0.25, 0.3) is 10.2 Å². The van der Waals surface area contributed by atoms with Crippen LogP contribution in [0.15, 0.2) is 65.0 Å². The minimum Gasteiger partial charge on any atom is -0.322 e. The smallest absolute Gasteiger partial charge is 0.322 e. The fraction of sp³-hybridized carbons (Fsp3) is 0.160. The first-order chi connectivity index (χ1) is 18.4. The topological polar surface area (TPSA) is 108 Å². The molecule has 0 aliphatic heterocycles. The third-order valence-corrected chi connectivity index (χ3v) is 8.56. The molecular weight excluding hydrogens is 560 g/mol. The van der Waals surface area contributed by atoms with Gasteiger partial charge in [0.2, 0.25) is 0 Å². The number of benzene rings is 3. The molecule has 0 radical (unpaired) electrons. The number of nitrogens with one attached hydrogen (secondary N) is 2. The predicted octanol–water partition coefficient (Wildman–Crippen LogP) is 4.43. The van der Waals surface area contributed by atoms with Crippen molar-refractivity contribution in [1.82, 2.24) is 15.0 Å². The number of sulfonamides is 1. The molecule has 39 heavy (non-hydrogen) atoms. The number of aromatic nitrogens is 1. The Kier molecular flexibility index (Phi) is 6.55. The van der Waals surface area contributed by atoms with Gasteiger partial charge in [-0.15, -0.1) is 11.3 Å². The summed E-state index contributed by atoms with van der Waals surface area (Å²) in [4.78, 5) is 31.0. The van der Waals surface area contributed by atoms with Gasteiger partial charge < -0.3 is 10.2 Å². The highest BCUT2D eigenvalue weighted by atomic mass is 32.2. The molecule has 0 spiro atoms. The summed E-state index contributed by atoms with van der Waals surface area (Å²) >= 11 is 1.39. The summed E-state index contributed by atoms with van der Waals surface area (Å²) in [5.41, 5.74) is 0.911. The van der Waals surface area contributed by atoms with Crippen molar-refractivity contribution in [3.63, 3.8) is 0 Å². The van der Waals surface area contributed by atoms with Crippen LogP contribution in [-0.4, -0.2) is 37.9 Å². The molecule has 1 fully saturated rings. The molecule has 2 N–H and O–H groups in total. The summed E-state index contributed by atoms with van der Waals surface area (Å²) < 4.78 is 82.9. The number of likely N-dealkylation sites (N-methyl/N-ethyl adjacent to an activating group) is 1. The number of amides is 3. The molecule has 202 valence electrons. The van der Waals surface area contributed by atoms with E-state index in [1.807, 2.05) is 0 Å². The van der Waals surface area contributed by atoms with Gasteiger partial charge in [-0.05, 0) is 54.4 Å². The van der Waals surface area contributed by atoms with Crippen molar-refractivity contribution >= 4 is 49.2 Å². The lowest BCUT2D eigenvalue weighted by Gasteiger charge is -2.26. The van der Waals surface area contributed by atoms with Gasteiger partial charge in [-0.3, -0.25) is 4.79 Å². The van der Waals surface area contributed by atoms with E-state index in [1.54, 1.807) is 28.4 Å². The Morgan fingerprint density at radius 1 is 1.00 bits per heavy atom. The van der Waals surface area contributed by atoms with Gasteiger partial charge in [0.05, 0.1) is 15.7 Å². The summed E-state index contributed by atoms with van der Waals surface area (Å²) in [6.07, 6.45) is -0.115. The van der Waals surface area contributed by atoms with E-state index >= 15 is 0 Å². The zero-order valence-corrected chi connectivity index (χ0v) is 21.5. The van der Waals surface area contributed by atoms with Gasteiger partial charge in [0.25, 0.3) is 15.9 Å². The Balaban J connectivity index is 1.46. The summed E-state index contributed by atoms with van der Waals surface area (Å²) in [5.74, 6) is -5.89. The summed E-state index contributed by atoms with van der Waals surface area (Å²) in [6.45, 7) is 0. The van der Waals surface area contributed by atoms with Crippen LogP contribution in [0.4, 0.5) is 28.0 Å². The number of urea groups is 1. The third kappa shape index (κ3) is 5.04. The summed E-state index contributed by atoms with van der Waals surface area (Å²) in [7, 11) is -3.40. The molecule has 1 aromatic heterocycles. The van der Waals surface area contributed by atoms with Gasteiger partial charge in [0.15, 0.2) is 0 Å². The van der Waals surface area contributed by atoms with Crippen LogP contribution in [0.2, 0.25) is 0 Å². The fourth-order valence-corrected chi connectivity index (χ4v) is 6.07. The molecule has 1 saturated carbocycles. The van der Waals surface area contributed by atoms with Crippen molar-refractivity contribution in [2.24, 2.45) is 0 Å². The molecule has 1 heterocycles. The maximum Gasteiger partial charge on any atom is 0.329 e. The number of carbonyl (C=O) groups is 2. The lowest BCUT2D eigenvalue weighted by Crippen LogP contribution is -2.54. The van der Waals surface area contributed by atoms with Crippen LogP contribution in [-0.2, 0) is 14.8 Å². The molecular formula is C25H18F4N4O4S2. The minimum absolute atomic E-state index is 0.0666. The molecule has 1 aliphatic rings. The van der Waals surface area contributed by atoms with Crippen LogP contribution >= 0.6 is 11.3 Å². The fourth-order valence-electron chi connectivity index (χ4n) is 4.44. The Bertz CT molecular complexity index is 1730. The highest BCUT2D eigenvalue weighted by Gasteiger charge is 2.63. The van der Waals surface area contributed by atoms with Crippen molar-refractivity contribution in [2.45, 2.75) is 22.8 Å². The van der Waals surface area contributed by atoms with Crippen LogP contribution in [0.3, 0.4) is 0 Å². The number of hydrogen-bond donors (Lipinski definition) is 2. The van der Waals surface area contributed by atoms with Gasteiger partial charge in [0, 0.05) is 30.8 Å². The Labute approximate surface area is 223 Å². The predicted molar refractivity (Wildman–Crippen MR) is 135 cm³/mol. The second kappa shape index (κ2) is 9.61. The van der Waals surface area contributed by atoms with Crippen LogP contribution in [0.5, 0.6) is 0 Å². The molecule has 1 unspecified atom stereocenters. The van der Waals surface area contributed by atoms with E-state index in [9.17, 15) is 35.6 Å². The zero-order chi connectivity index (χ0) is 28.1. The van der Waals surface area contributed by atoms with E-state index in [0.717, 1.165) is 16.8 Å². The molecule has 3 amide bonds. The van der Waals surface area contributed by atoms with E-state index in [0.29, 0.717) is 35.5 Å². The molecule has 14 heteroatoms. The SMILES string of the molecule is CN(C(=O)[C@]1(NC(=O)NS(=O)(=O)c2ccc(F)cc2F)CC1c1cc(F)cc(F)c1)c1ccc2scnc2c1. The first kappa shape index (κ1) is 26.6. The Morgan fingerprint density at radius 2 is 1.72 bits per heavy atom. The molecule has 5 rings (SSSR count). The number of thiazole rings is 1. The van der Waals surface area contributed by atoms with Gasteiger partial charge in [-0.2, -0.15) is 0 Å². The van der Waals surface area contributed by atoms with E-state index < -0.39 is 61.6 Å². The van der Waals surface area contributed by atoms with Crippen molar-refractivity contribution in [1.29, 1.82) is 0 Å². The molecule has 0 bridgehead atoms. The zero-order valence-electron chi connectivity index (χ0n) is 19.9. The average molecular weight is 579 g/mol. The number of halogens is 4. The van der Waals surface area contributed by atoms with Gasteiger partial charge >= 0.3 is 6.03 Å². The number of hydrogen-bond acceptors (Lipinski definition) is 6. The number of fused-ring (bicyclic) bond motifs is 1. The second-order valence-electron chi connectivity index (χ2n) is 8.93. The Morgan fingerprint density at radius 3 is 2.41 bits per heavy atom. The highest BCUT2D eigenvalue weighted by molar-refractivity contribution is 7.90.